The molecule has 0 fully saturated rings. The fraction of sp³-hybridized carbons (Fsp3) is 0.438. The molecule has 0 aliphatic heterocycles. The van der Waals surface area contributed by atoms with E-state index in [0.29, 0.717) is 0 Å². The highest BCUT2D eigenvalue weighted by Gasteiger charge is 2.13. The van der Waals surface area contributed by atoms with Gasteiger partial charge in [-0.1, -0.05) is 12.5 Å². The van der Waals surface area contributed by atoms with Crippen molar-refractivity contribution < 1.29 is 0 Å². The van der Waals surface area contributed by atoms with Crippen molar-refractivity contribution in [2.75, 3.05) is 11.9 Å². The maximum atomic E-state index is 4.44. The SMILES string of the molecule is c1ccc(CCNc2ncnc3c2CCCCC3)nc1. The fourth-order valence-electron chi connectivity index (χ4n) is 2.71. The Labute approximate surface area is 119 Å². The molecular formula is C16H20N4. The minimum absolute atomic E-state index is 0.862. The number of anilines is 1. The number of hydrogen-bond acceptors (Lipinski definition) is 4. The Morgan fingerprint density at radius 3 is 2.85 bits per heavy atom. The molecule has 0 radical (unpaired) electrons. The molecule has 2 aromatic heterocycles. The molecular weight excluding hydrogens is 248 g/mol. The van der Waals surface area contributed by atoms with E-state index >= 15 is 0 Å². The molecule has 4 heteroatoms. The first-order valence-corrected chi connectivity index (χ1v) is 7.40. The lowest BCUT2D eigenvalue weighted by atomic mass is 10.1. The minimum Gasteiger partial charge on any atom is -0.369 e. The molecule has 1 N–H and O–H groups in total. The molecule has 3 rings (SSSR count). The number of aryl methyl sites for hydroxylation is 1. The molecule has 20 heavy (non-hydrogen) atoms. The van der Waals surface area contributed by atoms with Crippen molar-refractivity contribution >= 4 is 5.82 Å². The van der Waals surface area contributed by atoms with Crippen LogP contribution in [0.3, 0.4) is 0 Å². The Kier molecular flexibility index (Phi) is 4.21. The van der Waals surface area contributed by atoms with Gasteiger partial charge in [0, 0.05) is 36.1 Å². The number of pyridine rings is 1. The van der Waals surface area contributed by atoms with Crippen molar-refractivity contribution in [3.8, 4) is 0 Å². The van der Waals surface area contributed by atoms with E-state index < -0.39 is 0 Å². The van der Waals surface area contributed by atoms with Gasteiger partial charge in [0.15, 0.2) is 0 Å². The minimum atomic E-state index is 0.862. The van der Waals surface area contributed by atoms with Gasteiger partial charge in [0.2, 0.25) is 0 Å². The average molecular weight is 268 g/mol. The summed E-state index contributed by atoms with van der Waals surface area (Å²) in [6.45, 7) is 0.862. The molecule has 0 atom stereocenters. The highest BCUT2D eigenvalue weighted by Crippen LogP contribution is 2.23. The number of rotatable bonds is 4. The van der Waals surface area contributed by atoms with Crippen molar-refractivity contribution in [2.24, 2.45) is 0 Å². The van der Waals surface area contributed by atoms with E-state index in [0.717, 1.165) is 37.3 Å². The predicted molar refractivity (Wildman–Crippen MR) is 79.7 cm³/mol. The van der Waals surface area contributed by atoms with E-state index in [1.54, 1.807) is 6.33 Å². The summed E-state index contributed by atoms with van der Waals surface area (Å²) in [5, 5.41) is 3.46. The average Bonchev–Trinajstić information content (AvgIpc) is 2.74. The maximum absolute atomic E-state index is 4.44. The molecule has 0 aromatic carbocycles. The quantitative estimate of drug-likeness (QED) is 0.866. The summed E-state index contributed by atoms with van der Waals surface area (Å²) < 4.78 is 0. The zero-order valence-corrected chi connectivity index (χ0v) is 11.7. The second-order valence-corrected chi connectivity index (χ2v) is 5.21. The van der Waals surface area contributed by atoms with E-state index in [1.165, 1.54) is 30.5 Å². The van der Waals surface area contributed by atoms with Crippen LogP contribution in [-0.4, -0.2) is 21.5 Å². The summed E-state index contributed by atoms with van der Waals surface area (Å²) in [5.41, 5.74) is 3.67. The van der Waals surface area contributed by atoms with Crippen LogP contribution < -0.4 is 5.32 Å². The normalized spacial score (nSPS) is 14.4. The Hall–Kier alpha value is -1.97. The summed E-state index contributed by atoms with van der Waals surface area (Å²) in [6, 6.07) is 6.03. The van der Waals surface area contributed by atoms with Gasteiger partial charge < -0.3 is 5.32 Å². The number of nitrogens with one attached hydrogen (secondary N) is 1. The van der Waals surface area contributed by atoms with Gasteiger partial charge in [-0.05, 0) is 37.8 Å². The smallest absolute Gasteiger partial charge is 0.132 e. The highest BCUT2D eigenvalue weighted by atomic mass is 15.0. The van der Waals surface area contributed by atoms with Gasteiger partial charge in [-0.2, -0.15) is 0 Å². The Balaban J connectivity index is 1.66. The number of aromatic nitrogens is 3. The lowest BCUT2D eigenvalue weighted by molar-refractivity contribution is 0.708. The second-order valence-electron chi connectivity index (χ2n) is 5.21. The van der Waals surface area contributed by atoms with E-state index in [2.05, 4.69) is 26.3 Å². The first kappa shape index (κ1) is 13.0. The second kappa shape index (κ2) is 6.46. The van der Waals surface area contributed by atoms with Crippen LogP contribution in [0.5, 0.6) is 0 Å². The zero-order valence-electron chi connectivity index (χ0n) is 11.7. The van der Waals surface area contributed by atoms with Crippen molar-refractivity contribution in [1.82, 2.24) is 15.0 Å². The Morgan fingerprint density at radius 2 is 1.95 bits per heavy atom. The van der Waals surface area contributed by atoms with E-state index in [1.807, 2.05) is 18.3 Å². The number of hydrogen-bond donors (Lipinski definition) is 1. The van der Waals surface area contributed by atoms with Crippen LogP contribution in [0, 0.1) is 0 Å². The van der Waals surface area contributed by atoms with Gasteiger partial charge in [0.05, 0.1) is 0 Å². The van der Waals surface area contributed by atoms with Crippen LogP contribution in [0.2, 0.25) is 0 Å². The van der Waals surface area contributed by atoms with Crippen molar-refractivity contribution in [3.63, 3.8) is 0 Å². The van der Waals surface area contributed by atoms with Crippen LogP contribution in [0.4, 0.5) is 5.82 Å². The molecule has 2 heterocycles. The van der Waals surface area contributed by atoms with Crippen LogP contribution in [-0.2, 0) is 19.3 Å². The first-order chi connectivity index (χ1) is 9.93. The molecule has 4 nitrogen and oxygen atoms in total. The molecule has 0 saturated carbocycles. The van der Waals surface area contributed by atoms with Crippen molar-refractivity contribution in [2.45, 2.75) is 38.5 Å². The van der Waals surface area contributed by atoms with E-state index in [4.69, 9.17) is 0 Å². The summed E-state index contributed by atoms with van der Waals surface area (Å²) in [4.78, 5) is 13.2. The van der Waals surface area contributed by atoms with Crippen molar-refractivity contribution in [1.29, 1.82) is 0 Å². The lowest BCUT2D eigenvalue weighted by Gasteiger charge is -2.12. The number of nitrogens with zero attached hydrogens (tertiary/aromatic N) is 3. The maximum Gasteiger partial charge on any atom is 0.132 e. The van der Waals surface area contributed by atoms with Gasteiger partial charge in [0.25, 0.3) is 0 Å². The molecule has 2 aromatic rings. The third-order valence-electron chi connectivity index (χ3n) is 3.77. The van der Waals surface area contributed by atoms with E-state index in [-0.39, 0.29) is 0 Å². The van der Waals surface area contributed by atoms with Crippen molar-refractivity contribution in [3.05, 3.63) is 47.7 Å². The summed E-state index contributed by atoms with van der Waals surface area (Å²) >= 11 is 0. The van der Waals surface area contributed by atoms with Gasteiger partial charge >= 0.3 is 0 Å². The first-order valence-electron chi connectivity index (χ1n) is 7.40. The Morgan fingerprint density at radius 1 is 1.00 bits per heavy atom. The van der Waals surface area contributed by atoms with Gasteiger partial charge in [-0.3, -0.25) is 4.98 Å². The standard InChI is InChI=1S/C16H20N4/c1-2-7-14-15(8-3-1)19-12-20-16(14)18-11-9-13-6-4-5-10-17-13/h4-6,10,12H,1-3,7-9,11H2,(H,18,19,20). The van der Waals surface area contributed by atoms with Gasteiger partial charge in [-0.25, -0.2) is 9.97 Å². The van der Waals surface area contributed by atoms with Crippen LogP contribution in [0.1, 0.15) is 36.2 Å². The third-order valence-corrected chi connectivity index (χ3v) is 3.77. The Bertz CT molecular complexity index is 554. The van der Waals surface area contributed by atoms with Crippen LogP contribution >= 0.6 is 0 Å². The van der Waals surface area contributed by atoms with Crippen LogP contribution in [0.15, 0.2) is 30.7 Å². The third kappa shape index (κ3) is 3.13. The van der Waals surface area contributed by atoms with E-state index in [9.17, 15) is 0 Å². The molecule has 104 valence electrons. The molecule has 0 unspecified atom stereocenters. The zero-order chi connectivity index (χ0) is 13.6. The molecule has 0 bridgehead atoms. The lowest BCUT2D eigenvalue weighted by Crippen LogP contribution is -2.11. The van der Waals surface area contributed by atoms with Crippen LogP contribution in [0.25, 0.3) is 0 Å². The molecule has 1 aliphatic carbocycles. The molecule has 1 aliphatic rings. The summed E-state index contributed by atoms with van der Waals surface area (Å²) in [7, 11) is 0. The van der Waals surface area contributed by atoms with Gasteiger partial charge in [0.1, 0.15) is 12.1 Å². The monoisotopic (exact) mass is 268 g/mol. The predicted octanol–water partition coefficient (Wildman–Crippen LogP) is 2.80. The molecule has 0 saturated heterocycles. The molecule has 0 spiro atoms. The summed E-state index contributed by atoms with van der Waals surface area (Å²) in [5.74, 6) is 1.02. The fourth-order valence-corrected chi connectivity index (χ4v) is 2.71. The number of fused-ring (bicyclic) bond motifs is 1. The highest BCUT2D eigenvalue weighted by molar-refractivity contribution is 5.46. The topological polar surface area (TPSA) is 50.7 Å². The van der Waals surface area contributed by atoms with Gasteiger partial charge in [-0.15, -0.1) is 0 Å². The molecule has 0 amide bonds. The largest absolute Gasteiger partial charge is 0.369 e. The summed E-state index contributed by atoms with van der Waals surface area (Å²) in [6.07, 6.45) is 10.4.